The van der Waals surface area contributed by atoms with Gasteiger partial charge in [0.2, 0.25) is 0 Å². The van der Waals surface area contributed by atoms with Gasteiger partial charge in [0.05, 0.1) is 43.9 Å². The number of carboxylic acid groups (broad SMARTS) is 1. The molecule has 0 aromatic heterocycles. The number of aliphatic carboxylic acids is 1. The summed E-state index contributed by atoms with van der Waals surface area (Å²) in [7, 11) is 1.23. The van der Waals surface area contributed by atoms with Gasteiger partial charge in [-0.15, -0.1) is 11.8 Å². The van der Waals surface area contributed by atoms with E-state index in [-0.39, 0.29) is 5.69 Å². The number of rotatable bonds is 6. The molecule has 154 valence electrons. The minimum Gasteiger partial charge on any atom is -0.493 e. The molecule has 1 N–H and O–H groups in total. The lowest BCUT2D eigenvalue weighted by atomic mass is 9.92. The zero-order chi connectivity index (χ0) is 21.5. The SMILES string of the molecule is COc1cc2ccc([N+](=O)[O-])c(C3SC([Si](C)(C)C)=CC3C(=O)O)c2cc1OC. The van der Waals surface area contributed by atoms with E-state index in [0.717, 1.165) is 9.91 Å². The van der Waals surface area contributed by atoms with Crippen molar-refractivity contribution in [1.29, 1.82) is 0 Å². The minimum atomic E-state index is -1.78. The molecule has 9 heteroatoms. The normalized spacial score (nSPS) is 19.1. The van der Waals surface area contributed by atoms with Gasteiger partial charge in [0.15, 0.2) is 11.5 Å². The summed E-state index contributed by atoms with van der Waals surface area (Å²) in [6, 6.07) is 6.54. The van der Waals surface area contributed by atoms with Crippen LogP contribution in [-0.4, -0.2) is 38.3 Å². The lowest BCUT2D eigenvalue weighted by Gasteiger charge is -2.21. The highest BCUT2D eigenvalue weighted by molar-refractivity contribution is 8.05. The molecule has 0 radical (unpaired) electrons. The van der Waals surface area contributed by atoms with Crippen LogP contribution in [0, 0.1) is 16.0 Å². The van der Waals surface area contributed by atoms with E-state index >= 15 is 0 Å². The second-order valence-electron chi connectivity index (χ2n) is 7.87. The Morgan fingerprint density at radius 1 is 1.17 bits per heavy atom. The molecule has 2 unspecified atom stereocenters. The minimum absolute atomic E-state index is 0.0845. The standard InChI is InChI=1S/C20H23NO6SSi/c1-26-15-8-11-6-7-14(21(24)25)18(12(11)9-16(15)27-2)19-13(20(22)23)10-17(28-19)29(3,4)5/h6-10,13,19H,1-5H3,(H,22,23). The Kier molecular flexibility index (Phi) is 5.64. The van der Waals surface area contributed by atoms with Crippen molar-refractivity contribution in [3.05, 3.63) is 50.5 Å². The van der Waals surface area contributed by atoms with Crippen LogP contribution in [0.5, 0.6) is 11.5 Å². The summed E-state index contributed by atoms with van der Waals surface area (Å²) in [5, 5.41) is 22.4. The summed E-state index contributed by atoms with van der Waals surface area (Å²) in [4.78, 5) is 23.4. The Bertz CT molecular complexity index is 1030. The number of hydrogen-bond acceptors (Lipinski definition) is 6. The zero-order valence-corrected chi connectivity index (χ0v) is 18.7. The molecule has 0 amide bonds. The molecule has 1 aliphatic rings. The highest BCUT2D eigenvalue weighted by Crippen LogP contribution is 2.54. The van der Waals surface area contributed by atoms with E-state index < -0.39 is 30.1 Å². The third-order valence-electron chi connectivity index (χ3n) is 4.96. The molecule has 2 aromatic carbocycles. The highest BCUT2D eigenvalue weighted by atomic mass is 32.2. The van der Waals surface area contributed by atoms with Crippen LogP contribution in [0.4, 0.5) is 5.69 Å². The Balaban J connectivity index is 2.30. The number of ether oxygens (including phenoxy) is 2. The lowest BCUT2D eigenvalue weighted by Crippen LogP contribution is -2.21. The maximum absolute atomic E-state index is 12.0. The molecule has 0 bridgehead atoms. The Labute approximate surface area is 173 Å². The number of hydrogen-bond donors (Lipinski definition) is 1. The van der Waals surface area contributed by atoms with Crippen LogP contribution in [0.25, 0.3) is 10.8 Å². The van der Waals surface area contributed by atoms with Gasteiger partial charge in [-0.2, -0.15) is 0 Å². The summed E-state index contributed by atoms with van der Waals surface area (Å²) in [6.45, 7) is 6.41. The van der Waals surface area contributed by atoms with Gasteiger partial charge in [0, 0.05) is 6.07 Å². The molecule has 0 saturated heterocycles. The summed E-state index contributed by atoms with van der Waals surface area (Å²) in [5.74, 6) is -0.869. The third-order valence-corrected chi connectivity index (χ3v) is 9.97. The first-order valence-corrected chi connectivity index (χ1v) is 13.4. The first-order chi connectivity index (χ1) is 13.6. The van der Waals surface area contributed by atoms with Crippen molar-refractivity contribution >= 4 is 42.3 Å². The molecule has 0 fully saturated rings. The number of nitrogens with zero attached hydrogens (tertiary/aromatic N) is 1. The van der Waals surface area contributed by atoms with Gasteiger partial charge in [-0.05, 0) is 33.5 Å². The first-order valence-electron chi connectivity index (χ1n) is 9.03. The molecule has 2 atom stereocenters. The van der Waals surface area contributed by atoms with Gasteiger partial charge >= 0.3 is 5.97 Å². The van der Waals surface area contributed by atoms with E-state index in [9.17, 15) is 20.0 Å². The van der Waals surface area contributed by atoms with Crippen LogP contribution in [0.2, 0.25) is 19.6 Å². The van der Waals surface area contributed by atoms with Crippen molar-refractivity contribution in [1.82, 2.24) is 0 Å². The number of carboxylic acids is 1. The van der Waals surface area contributed by atoms with Crippen molar-refractivity contribution in [2.45, 2.75) is 24.9 Å². The van der Waals surface area contributed by atoms with Crippen molar-refractivity contribution < 1.29 is 24.3 Å². The van der Waals surface area contributed by atoms with E-state index in [0.29, 0.717) is 22.4 Å². The zero-order valence-electron chi connectivity index (χ0n) is 16.9. The van der Waals surface area contributed by atoms with Gasteiger partial charge in [-0.25, -0.2) is 0 Å². The predicted molar refractivity (Wildman–Crippen MR) is 117 cm³/mol. The maximum atomic E-state index is 12.0. The van der Waals surface area contributed by atoms with Crippen molar-refractivity contribution in [2.75, 3.05) is 14.2 Å². The molecule has 7 nitrogen and oxygen atoms in total. The third kappa shape index (κ3) is 3.84. The van der Waals surface area contributed by atoms with Crippen LogP contribution in [0.15, 0.2) is 34.9 Å². The second kappa shape index (κ2) is 7.72. The number of methoxy groups -OCH3 is 2. The predicted octanol–water partition coefficient (Wildman–Crippen LogP) is 5.02. The van der Waals surface area contributed by atoms with Gasteiger partial charge in [0.25, 0.3) is 5.69 Å². The van der Waals surface area contributed by atoms with Gasteiger partial charge in [0.1, 0.15) is 0 Å². The molecule has 0 aliphatic carbocycles. The average molecular weight is 434 g/mol. The number of carbonyl (C=O) groups is 1. The Hall–Kier alpha value is -2.52. The first kappa shape index (κ1) is 21.2. The fraction of sp³-hybridized carbons (Fsp3) is 0.350. The van der Waals surface area contributed by atoms with E-state index in [4.69, 9.17) is 9.47 Å². The molecule has 2 aromatic rings. The lowest BCUT2D eigenvalue weighted by molar-refractivity contribution is -0.385. The van der Waals surface area contributed by atoms with E-state index in [2.05, 4.69) is 19.6 Å². The molecule has 0 saturated carbocycles. The Morgan fingerprint density at radius 2 is 1.79 bits per heavy atom. The Morgan fingerprint density at radius 3 is 2.31 bits per heavy atom. The number of benzene rings is 2. The van der Waals surface area contributed by atoms with Crippen LogP contribution < -0.4 is 9.47 Å². The van der Waals surface area contributed by atoms with E-state index in [1.54, 1.807) is 24.3 Å². The summed E-state index contributed by atoms with van der Waals surface area (Å²) in [5.41, 5.74) is 0.328. The van der Waals surface area contributed by atoms with Crippen LogP contribution >= 0.6 is 11.8 Å². The van der Waals surface area contributed by atoms with Crippen molar-refractivity contribution in [3.8, 4) is 11.5 Å². The second-order valence-corrected chi connectivity index (χ2v) is 14.5. The van der Waals surface area contributed by atoms with Crippen LogP contribution in [-0.2, 0) is 4.79 Å². The number of nitro groups is 1. The van der Waals surface area contributed by atoms with E-state index in [1.807, 2.05) is 0 Å². The summed E-state index contributed by atoms with van der Waals surface area (Å²) < 4.78 is 11.8. The quantitative estimate of drug-likeness (QED) is 0.388. The smallest absolute Gasteiger partial charge is 0.311 e. The molecule has 29 heavy (non-hydrogen) atoms. The number of fused-ring (bicyclic) bond motifs is 1. The van der Waals surface area contributed by atoms with Crippen LogP contribution in [0.1, 0.15) is 10.8 Å². The van der Waals surface area contributed by atoms with Gasteiger partial charge in [-0.1, -0.05) is 25.7 Å². The highest BCUT2D eigenvalue weighted by Gasteiger charge is 2.42. The fourth-order valence-electron chi connectivity index (χ4n) is 3.49. The average Bonchev–Trinajstić information content (AvgIpc) is 3.11. The topological polar surface area (TPSA) is 98.9 Å². The van der Waals surface area contributed by atoms with Crippen molar-refractivity contribution in [2.24, 2.45) is 5.92 Å². The fourth-order valence-corrected chi connectivity index (χ4v) is 7.17. The molecular formula is C20H23NO6SSi. The van der Waals surface area contributed by atoms with Crippen LogP contribution in [0.3, 0.4) is 0 Å². The van der Waals surface area contributed by atoms with E-state index in [1.165, 1.54) is 32.0 Å². The largest absolute Gasteiger partial charge is 0.493 e. The summed E-state index contributed by atoms with van der Waals surface area (Å²) >= 11 is 1.44. The monoisotopic (exact) mass is 433 g/mol. The molecule has 0 spiro atoms. The van der Waals surface area contributed by atoms with Gasteiger partial charge in [-0.3, -0.25) is 14.9 Å². The molecular weight excluding hydrogens is 410 g/mol. The molecule has 1 heterocycles. The van der Waals surface area contributed by atoms with Gasteiger partial charge < -0.3 is 14.6 Å². The molecule has 3 rings (SSSR count). The maximum Gasteiger partial charge on any atom is 0.311 e. The molecule has 1 aliphatic heterocycles. The number of nitro benzene ring substituents is 1. The summed E-state index contributed by atoms with van der Waals surface area (Å²) in [6.07, 6.45) is 1.78. The van der Waals surface area contributed by atoms with Crippen molar-refractivity contribution in [3.63, 3.8) is 0 Å². The number of thioether (sulfide) groups is 1.